The minimum atomic E-state index is -2.09. The molecular formula is C20H34O6. The van der Waals surface area contributed by atoms with Gasteiger partial charge >= 0.3 is 0 Å². The van der Waals surface area contributed by atoms with Crippen molar-refractivity contribution in [2.45, 2.75) is 102 Å². The molecule has 8 atom stereocenters. The van der Waals surface area contributed by atoms with E-state index in [1.807, 2.05) is 20.8 Å². The third-order valence-corrected chi connectivity index (χ3v) is 8.11. The number of hydrogen-bond donors (Lipinski definition) is 4. The molecule has 0 amide bonds. The van der Waals surface area contributed by atoms with Gasteiger partial charge in [0.15, 0.2) is 11.4 Å². The van der Waals surface area contributed by atoms with E-state index in [0.29, 0.717) is 19.3 Å². The summed E-state index contributed by atoms with van der Waals surface area (Å²) in [6, 6.07) is 0. The van der Waals surface area contributed by atoms with Crippen LogP contribution in [0, 0.1) is 16.7 Å². The maximum atomic E-state index is 13.4. The Labute approximate surface area is 155 Å². The van der Waals surface area contributed by atoms with Gasteiger partial charge in [-0.05, 0) is 38.5 Å². The van der Waals surface area contributed by atoms with Crippen molar-refractivity contribution >= 4 is 5.78 Å². The lowest BCUT2D eigenvalue weighted by atomic mass is 9.40. The van der Waals surface area contributed by atoms with Gasteiger partial charge in [0.2, 0.25) is 0 Å². The van der Waals surface area contributed by atoms with Crippen LogP contribution in [0.5, 0.6) is 0 Å². The van der Waals surface area contributed by atoms with Crippen LogP contribution in [0.2, 0.25) is 0 Å². The van der Waals surface area contributed by atoms with E-state index >= 15 is 0 Å². The summed E-state index contributed by atoms with van der Waals surface area (Å²) >= 11 is 0. The van der Waals surface area contributed by atoms with Gasteiger partial charge in [0.1, 0.15) is 11.7 Å². The van der Waals surface area contributed by atoms with Crippen molar-refractivity contribution in [2.24, 2.45) is 16.7 Å². The average Bonchev–Trinajstić information content (AvgIpc) is 2.54. The second-order valence-corrected chi connectivity index (χ2v) is 10.1. The average molecular weight is 370 g/mol. The lowest BCUT2D eigenvalue weighted by molar-refractivity contribution is -0.375. The second kappa shape index (κ2) is 5.51. The van der Waals surface area contributed by atoms with E-state index in [-0.39, 0.29) is 6.42 Å². The highest BCUT2D eigenvalue weighted by atomic mass is 16.6. The van der Waals surface area contributed by atoms with Crippen molar-refractivity contribution in [3.8, 4) is 0 Å². The Morgan fingerprint density at radius 1 is 1.12 bits per heavy atom. The molecule has 0 bridgehead atoms. The quantitative estimate of drug-likeness (QED) is 0.552. The second-order valence-electron chi connectivity index (χ2n) is 10.1. The Morgan fingerprint density at radius 3 is 2.23 bits per heavy atom. The van der Waals surface area contributed by atoms with E-state index in [0.717, 1.165) is 0 Å². The molecule has 3 fully saturated rings. The molecule has 2 saturated carbocycles. The van der Waals surface area contributed by atoms with Gasteiger partial charge in [-0.3, -0.25) is 4.79 Å². The number of ketones is 1. The molecule has 0 spiro atoms. The molecule has 4 N–H and O–H groups in total. The van der Waals surface area contributed by atoms with Gasteiger partial charge in [-0.2, -0.15) is 0 Å². The zero-order chi connectivity index (χ0) is 19.9. The summed E-state index contributed by atoms with van der Waals surface area (Å²) in [5, 5.41) is 45.0. The van der Waals surface area contributed by atoms with Crippen molar-refractivity contribution in [3.63, 3.8) is 0 Å². The maximum absolute atomic E-state index is 13.4. The van der Waals surface area contributed by atoms with Gasteiger partial charge in [-0.1, -0.05) is 27.7 Å². The molecule has 3 aliphatic rings. The standard InChI is InChI=1S/C20H34O6/c1-7-17(4)10-12(22)20(25)18(5)11(21)8-9-16(2,3)14(18)13(23)15(24)19(20,6)26-17/h11,13-15,21,23-25H,7-10H2,1-6H3/t11-,13-,14?,15-,17-,18-,19+,20-/m0/s1. The molecular weight excluding hydrogens is 336 g/mol. The molecule has 6 heteroatoms. The van der Waals surface area contributed by atoms with Crippen LogP contribution < -0.4 is 0 Å². The van der Waals surface area contributed by atoms with Crippen LogP contribution in [0.15, 0.2) is 0 Å². The van der Waals surface area contributed by atoms with Gasteiger partial charge in [-0.25, -0.2) is 0 Å². The molecule has 6 nitrogen and oxygen atoms in total. The Hall–Kier alpha value is -0.530. The molecule has 0 radical (unpaired) electrons. The first-order valence-electron chi connectivity index (χ1n) is 9.71. The van der Waals surface area contributed by atoms with Crippen molar-refractivity contribution in [2.75, 3.05) is 0 Å². The zero-order valence-electron chi connectivity index (χ0n) is 16.7. The Kier molecular flexibility index (Phi) is 4.28. The van der Waals surface area contributed by atoms with Crippen molar-refractivity contribution in [1.29, 1.82) is 0 Å². The topological polar surface area (TPSA) is 107 Å². The number of Topliss-reactive ketones (excluding diaryl/α,β-unsaturated/α-hetero) is 1. The SMILES string of the molecule is CC[C@@]1(C)CC(=O)[C@@]2(O)[C@](C)(O1)[C@@H](O)[C@@H](O)C1C(C)(C)CC[C@H](O)[C@@]12C. The van der Waals surface area contributed by atoms with E-state index in [4.69, 9.17) is 4.74 Å². The number of aliphatic hydroxyl groups excluding tert-OH is 3. The largest absolute Gasteiger partial charge is 0.392 e. The molecule has 26 heavy (non-hydrogen) atoms. The molecule has 2 aliphatic carbocycles. The van der Waals surface area contributed by atoms with Crippen molar-refractivity contribution in [1.82, 2.24) is 0 Å². The van der Waals surface area contributed by atoms with Crippen LogP contribution in [0.4, 0.5) is 0 Å². The first-order chi connectivity index (χ1) is 11.7. The maximum Gasteiger partial charge on any atom is 0.170 e. The first-order valence-corrected chi connectivity index (χ1v) is 9.71. The van der Waals surface area contributed by atoms with Crippen LogP contribution in [0.1, 0.15) is 67.2 Å². The number of fused-ring (bicyclic) bond motifs is 3. The smallest absolute Gasteiger partial charge is 0.170 e. The lowest BCUT2D eigenvalue weighted by Crippen LogP contribution is -2.86. The van der Waals surface area contributed by atoms with E-state index in [2.05, 4.69) is 0 Å². The van der Waals surface area contributed by atoms with Crippen LogP contribution in [-0.2, 0) is 9.53 Å². The van der Waals surface area contributed by atoms with Crippen LogP contribution in [0.25, 0.3) is 0 Å². The number of ether oxygens (including phenoxy) is 1. The highest BCUT2D eigenvalue weighted by Crippen LogP contribution is 2.66. The summed E-state index contributed by atoms with van der Waals surface area (Å²) in [4.78, 5) is 13.4. The molecule has 1 unspecified atom stereocenters. The van der Waals surface area contributed by atoms with Gasteiger partial charge in [0.05, 0.1) is 17.8 Å². The highest BCUT2D eigenvalue weighted by Gasteiger charge is 2.80. The minimum absolute atomic E-state index is 0.00780. The molecule has 3 rings (SSSR count). The molecule has 1 heterocycles. The normalized spacial score (nSPS) is 56.6. The molecule has 1 saturated heterocycles. The van der Waals surface area contributed by atoms with Crippen LogP contribution in [0.3, 0.4) is 0 Å². The predicted molar refractivity (Wildman–Crippen MR) is 95.4 cm³/mol. The van der Waals surface area contributed by atoms with Crippen LogP contribution >= 0.6 is 0 Å². The third-order valence-electron chi connectivity index (χ3n) is 8.11. The van der Waals surface area contributed by atoms with Crippen molar-refractivity contribution in [3.05, 3.63) is 0 Å². The van der Waals surface area contributed by atoms with Gasteiger partial charge < -0.3 is 25.2 Å². The lowest BCUT2D eigenvalue weighted by Gasteiger charge is -2.71. The summed E-state index contributed by atoms with van der Waals surface area (Å²) in [5.74, 6) is -1.07. The number of aliphatic hydroxyl groups is 4. The number of hydrogen-bond acceptors (Lipinski definition) is 6. The first kappa shape index (κ1) is 20.2. The number of carbonyl (C=O) groups is 1. The minimum Gasteiger partial charge on any atom is -0.392 e. The summed E-state index contributed by atoms with van der Waals surface area (Å²) in [6.07, 6.45) is -2.06. The summed E-state index contributed by atoms with van der Waals surface area (Å²) in [5.41, 5.74) is -6.41. The molecule has 0 aromatic heterocycles. The van der Waals surface area contributed by atoms with Crippen molar-refractivity contribution < 1.29 is 30.0 Å². The van der Waals surface area contributed by atoms with Crippen LogP contribution in [-0.4, -0.2) is 61.3 Å². The molecule has 1 aliphatic heterocycles. The monoisotopic (exact) mass is 370 g/mol. The zero-order valence-corrected chi connectivity index (χ0v) is 16.7. The van der Waals surface area contributed by atoms with Gasteiger partial charge in [-0.15, -0.1) is 0 Å². The van der Waals surface area contributed by atoms with E-state index in [1.54, 1.807) is 13.8 Å². The van der Waals surface area contributed by atoms with E-state index in [1.165, 1.54) is 6.92 Å². The van der Waals surface area contributed by atoms with Gasteiger partial charge in [0.25, 0.3) is 0 Å². The Bertz CT molecular complexity index is 619. The van der Waals surface area contributed by atoms with E-state index < -0.39 is 57.6 Å². The summed E-state index contributed by atoms with van der Waals surface area (Å²) in [7, 11) is 0. The predicted octanol–water partition coefficient (Wildman–Crippen LogP) is 1.17. The molecule has 150 valence electrons. The number of carbonyl (C=O) groups excluding carboxylic acids is 1. The van der Waals surface area contributed by atoms with E-state index in [9.17, 15) is 25.2 Å². The molecule has 0 aromatic carbocycles. The fourth-order valence-corrected chi connectivity index (χ4v) is 6.45. The summed E-state index contributed by atoms with van der Waals surface area (Å²) < 4.78 is 6.21. The number of rotatable bonds is 1. The fourth-order valence-electron chi connectivity index (χ4n) is 6.45. The Balaban J connectivity index is 2.27. The Morgan fingerprint density at radius 2 is 1.69 bits per heavy atom. The highest BCUT2D eigenvalue weighted by molar-refractivity contribution is 5.92. The van der Waals surface area contributed by atoms with Gasteiger partial charge in [0, 0.05) is 17.8 Å². The fraction of sp³-hybridized carbons (Fsp3) is 0.950. The molecule has 0 aromatic rings. The summed E-state index contributed by atoms with van der Waals surface area (Å²) in [6.45, 7) is 10.7. The third kappa shape index (κ3) is 2.08.